The number of alkyl halides is 3. The van der Waals surface area contributed by atoms with E-state index in [-0.39, 0.29) is 12.1 Å². The van der Waals surface area contributed by atoms with Gasteiger partial charge in [-0.3, -0.25) is 9.10 Å². The Kier molecular flexibility index (Phi) is 6.62. The molecule has 0 unspecified atom stereocenters. The number of carbonyl (C=O) groups is 1. The number of nitrogens with zero attached hydrogens (tertiary/aromatic N) is 1. The van der Waals surface area contributed by atoms with E-state index in [1.807, 2.05) is 19.9 Å². The number of sulfonamides is 1. The molecule has 0 heterocycles. The van der Waals surface area contributed by atoms with Gasteiger partial charge in [0.2, 0.25) is 15.9 Å². The van der Waals surface area contributed by atoms with Crippen molar-refractivity contribution in [2.75, 3.05) is 15.9 Å². The van der Waals surface area contributed by atoms with Gasteiger partial charge < -0.3 is 5.32 Å². The SMILES string of the molecule is CC[C@H](C(=O)Nc1ccc(C(F)(F)F)cc1)N(c1cc(C)cc(C)c1)S(C)(=O)=O. The van der Waals surface area contributed by atoms with Crippen molar-refractivity contribution in [3.05, 3.63) is 59.2 Å². The van der Waals surface area contributed by atoms with E-state index in [0.29, 0.717) is 5.69 Å². The number of amides is 1. The van der Waals surface area contributed by atoms with Crippen LogP contribution in [0.3, 0.4) is 0 Å². The molecule has 0 saturated heterocycles. The molecule has 0 aromatic heterocycles. The van der Waals surface area contributed by atoms with Crippen molar-refractivity contribution in [2.24, 2.45) is 0 Å². The second kappa shape index (κ2) is 8.44. The second-order valence-corrected chi connectivity index (χ2v) is 8.75. The van der Waals surface area contributed by atoms with E-state index in [1.165, 1.54) is 0 Å². The summed E-state index contributed by atoms with van der Waals surface area (Å²) in [6, 6.07) is 8.14. The number of rotatable bonds is 6. The average Bonchev–Trinajstić information content (AvgIpc) is 2.57. The summed E-state index contributed by atoms with van der Waals surface area (Å²) in [5.41, 5.74) is 1.35. The topological polar surface area (TPSA) is 66.5 Å². The molecule has 0 spiro atoms. The molecule has 2 aromatic rings. The van der Waals surface area contributed by atoms with Gasteiger partial charge in [-0.25, -0.2) is 8.42 Å². The number of benzene rings is 2. The van der Waals surface area contributed by atoms with Crippen LogP contribution in [0.25, 0.3) is 0 Å². The summed E-state index contributed by atoms with van der Waals surface area (Å²) in [6.45, 7) is 5.30. The van der Waals surface area contributed by atoms with Crippen molar-refractivity contribution in [2.45, 2.75) is 39.4 Å². The molecule has 0 fully saturated rings. The molecule has 1 atom stereocenters. The summed E-state index contributed by atoms with van der Waals surface area (Å²) in [6.07, 6.45) is -3.30. The Morgan fingerprint density at radius 2 is 1.59 bits per heavy atom. The first kappa shape index (κ1) is 22.7. The van der Waals surface area contributed by atoms with Crippen LogP contribution in [-0.4, -0.2) is 26.6 Å². The van der Waals surface area contributed by atoms with Gasteiger partial charge in [0.1, 0.15) is 6.04 Å². The second-order valence-electron chi connectivity index (χ2n) is 6.89. The molecule has 2 rings (SSSR count). The molecule has 0 aliphatic carbocycles. The first-order valence-corrected chi connectivity index (χ1v) is 10.7. The molecule has 2 aromatic carbocycles. The minimum atomic E-state index is -4.48. The van der Waals surface area contributed by atoms with E-state index in [0.717, 1.165) is 46.0 Å². The molecule has 9 heteroatoms. The standard InChI is InChI=1S/C20H23F3N2O3S/c1-5-18(19(26)24-16-8-6-15(7-9-16)20(21,22)23)25(29(4,27)28)17-11-13(2)10-14(3)12-17/h6-12,18H,5H2,1-4H3,(H,24,26)/t18-/m1/s1. The molecule has 0 aliphatic rings. The minimum Gasteiger partial charge on any atom is -0.324 e. The first-order chi connectivity index (χ1) is 13.3. The van der Waals surface area contributed by atoms with Gasteiger partial charge in [0.25, 0.3) is 0 Å². The Morgan fingerprint density at radius 1 is 1.07 bits per heavy atom. The number of hydrogen-bond donors (Lipinski definition) is 1. The van der Waals surface area contributed by atoms with E-state index >= 15 is 0 Å². The monoisotopic (exact) mass is 428 g/mol. The Morgan fingerprint density at radius 3 is 2.00 bits per heavy atom. The van der Waals surface area contributed by atoms with Crippen molar-refractivity contribution >= 4 is 27.3 Å². The highest BCUT2D eigenvalue weighted by Crippen LogP contribution is 2.30. The quantitative estimate of drug-likeness (QED) is 0.737. The lowest BCUT2D eigenvalue weighted by molar-refractivity contribution is -0.137. The fourth-order valence-corrected chi connectivity index (χ4v) is 4.30. The third kappa shape index (κ3) is 5.72. The van der Waals surface area contributed by atoms with Crippen LogP contribution in [0, 0.1) is 13.8 Å². The lowest BCUT2D eigenvalue weighted by Gasteiger charge is -2.30. The molecular formula is C20H23F3N2O3S. The molecule has 0 aliphatic heterocycles. The van der Waals surface area contributed by atoms with Gasteiger partial charge in [-0.1, -0.05) is 13.0 Å². The van der Waals surface area contributed by atoms with Crippen LogP contribution < -0.4 is 9.62 Å². The number of hydrogen-bond acceptors (Lipinski definition) is 3. The Balaban J connectivity index is 2.36. The smallest absolute Gasteiger partial charge is 0.324 e. The lowest BCUT2D eigenvalue weighted by atomic mass is 10.1. The van der Waals surface area contributed by atoms with E-state index in [2.05, 4.69) is 5.32 Å². The van der Waals surface area contributed by atoms with Gasteiger partial charge in [0, 0.05) is 5.69 Å². The molecule has 1 amide bonds. The minimum absolute atomic E-state index is 0.148. The predicted octanol–water partition coefficient (Wildman–Crippen LogP) is 4.51. The van der Waals surface area contributed by atoms with E-state index < -0.39 is 33.7 Å². The van der Waals surface area contributed by atoms with Crippen LogP contribution in [0.5, 0.6) is 0 Å². The molecule has 0 radical (unpaired) electrons. The summed E-state index contributed by atoms with van der Waals surface area (Å²) < 4.78 is 64.1. The van der Waals surface area contributed by atoms with Crippen molar-refractivity contribution in [1.29, 1.82) is 0 Å². The van der Waals surface area contributed by atoms with Crippen LogP contribution in [0.15, 0.2) is 42.5 Å². The molecule has 0 saturated carbocycles. The Bertz CT molecular complexity index is 967. The maximum atomic E-state index is 12.8. The lowest BCUT2D eigenvalue weighted by Crippen LogP contribution is -2.47. The van der Waals surface area contributed by atoms with E-state index in [4.69, 9.17) is 0 Å². The first-order valence-electron chi connectivity index (χ1n) is 8.88. The summed E-state index contributed by atoms with van der Waals surface area (Å²) >= 11 is 0. The third-order valence-electron chi connectivity index (χ3n) is 4.27. The van der Waals surface area contributed by atoms with E-state index in [1.54, 1.807) is 19.1 Å². The highest BCUT2D eigenvalue weighted by atomic mass is 32.2. The van der Waals surface area contributed by atoms with Crippen LogP contribution in [0.1, 0.15) is 30.0 Å². The maximum absolute atomic E-state index is 12.8. The Labute approximate surface area is 168 Å². The number of aryl methyl sites for hydroxylation is 2. The number of carbonyl (C=O) groups excluding carboxylic acids is 1. The molecule has 1 N–H and O–H groups in total. The number of anilines is 2. The maximum Gasteiger partial charge on any atom is 0.416 e. The van der Waals surface area contributed by atoms with Gasteiger partial charge in [-0.2, -0.15) is 13.2 Å². The zero-order chi connectivity index (χ0) is 22.0. The highest BCUT2D eigenvalue weighted by Gasteiger charge is 2.32. The van der Waals surface area contributed by atoms with Crippen LogP contribution in [0.2, 0.25) is 0 Å². The van der Waals surface area contributed by atoms with Crippen LogP contribution in [0.4, 0.5) is 24.5 Å². The third-order valence-corrected chi connectivity index (χ3v) is 5.45. The number of nitrogens with one attached hydrogen (secondary N) is 1. The summed E-state index contributed by atoms with van der Waals surface area (Å²) in [5.74, 6) is -0.628. The molecule has 0 bridgehead atoms. The summed E-state index contributed by atoms with van der Waals surface area (Å²) in [4.78, 5) is 12.8. The van der Waals surface area contributed by atoms with Crippen molar-refractivity contribution in [3.8, 4) is 0 Å². The average molecular weight is 428 g/mol. The van der Waals surface area contributed by atoms with Gasteiger partial charge >= 0.3 is 6.18 Å². The fraction of sp³-hybridized carbons (Fsp3) is 0.350. The Hall–Kier alpha value is -2.55. The number of halogens is 3. The van der Waals surface area contributed by atoms with Crippen molar-refractivity contribution < 1.29 is 26.4 Å². The molecule has 5 nitrogen and oxygen atoms in total. The fourth-order valence-electron chi connectivity index (χ4n) is 3.11. The summed E-state index contributed by atoms with van der Waals surface area (Å²) in [5, 5.41) is 2.51. The van der Waals surface area contributed by atoms with Gasteiger partial charge in [-0.15, -0.1) is 0 Å². The highest BCUT2D eigenvalue weighted by molar-refractivity contribution is 7.92. The summed E-state index contributed by atoms with van der Waals surface area (Å²) in [7, 11) is -3.80. The largest absolute Gasteiger partial charge is 0.416 e. The van der Waals surface area contributed by atoms with Crippen LogP contribution >= 0.6 is 0 Å². The predicted molar refractivity (Wildman–Crippen MR) is 107 cm³/mol. The van der Waals surface area contributed by atoms with Crippen molar-refractivity contribution in [3.63, 3.8) is 0 Å². The van der Waals surface area contributed by atoms with E-state index in [9.17, 15) is 26.4 Å². The van der Waals surface area contributed by atoms with Crippen LogP contribution in [-0.2, 0) is 21.0 Å². The normalized spacial score (nSPS) is 13.1. The molecule has 29 heavy (non-hydrogen) atoms. The van der Waals surface area contributed by atoms with Gasteiger partial charge in [0.15, 0.2) is 0 Å². The van der Waals surface area contributed by atoms with Gasteiger partial charge in [-0.05, 0) is 67.8 Å². The van der Waals surface area contributed by atoms with Gasteiger partial charge in [0.05, 0.1) is 17.5 Å². The zero-order valence-corrected chi connectivity index (χ0v) is 17.4. The zero-order valence-electron chi connectivity index (χ0n) is 16.5. The molecule has 158 valence electrons. The van der Waals surface area contributed by atoms with Crippen molar-refractivity contribution in [1.82, 2.24) is 0 Å². The molecular weight excluding hydrogens is 405 g/mol.